The van der Waals surface area contributed by atoms with Crippen LogP contribution in [0.3, 0.4) is 0 Å². The molecule has 7 nitrogen and oxygen atoms in total. The Morgan fingerprint density at radius 2 is 1.93 bits per heavy atom. The van der Waals surface area contributed by atoms with E-state index in [0.717, 1.165) is 0 Å². The van der Waals surface area contributed by atoms with Gasteiger partial charge in [0.15, 0.2) is 11.0 Å². The van der Waals surface area contributed by atoms with Gasteiger partial charge in [0.2, 0.25) is 0 Å². The zero-order valence-electron chi connectivity index (χ0n) is 16.7. The summed E-state index contributed by atoms with van der Waals surface area (Å²) in [5, 5.41) is 16.9. The lowest BCUT2D eigenvalue weighted by Crippen LogP contribution is -2.42. The Labute approximate surface area is 171 Å². The minimum absolute atomic E-state index is 0.256. The molecule has 28 heavy (non-hydrogen) atoms. The molecule has 1 aliphatic heterocycles. The normalized spacial score (nSPS) is 17.5. The Hall–Kier alpha value is -2.04. The summed E-state index contributed by atoms with van der Waals surface area (Å²) in [5.41, 5.74) is 5.84. The molecule has 0 atom stereocenters. The fourth-order valence-electron chi connectivity index (χ4n) is 2.58. The number of aromatic nitrogens is 2. The number of anilines is 1. The molecule has 3 rings (SSSR count). The summed E-state index contributed by atoms with van der Waals surface area (Å²) in [4.78, 5) is 13.2. The number of hydrogen-bond donors (Lipinski definition) is 2. The van der Waals surface area contributed by atoms with Crippen LogP contribution in [0.1, 0.15) is 58.4 Å². The van der Waals surface area contributed by atoms with Crippen LogP contribution >= 0.6 is 11.6 Å². The van der Waals surface area contributed by atoms with Gasteiger partial charge < -0.3 is 20.5 Å². The highest BCUT2D eigenvalue weighted by Crippen LogP contribution is 2.25. The van der Waals surface area contributed by atoms with Crippen molar-refractivity contribution in [1.82, 2.24) is 15.1 Å². The van der Waals surface area contributed by atoms with Gasteiger partial charge in [-0.15, -0.1) is 10.2 Å². The second kappa shape index (κ2) is 9.94. The largest absolute Gasteiger partial charge is 0.444 e. The average Bonchev–Trinajstić information content (AvgIpc) is 2.56. The molecule has 0 unspecified atom stereocenters. The van der Waals surface area contributed by atoms with Crippen LogP contribution in [0.15, 0.2) is 6.07 Å². The van der Waals surface area contributed by atoms with Crippen molar-refractivity contribution in [3.8, 4) is 11.8 Å². The van der Waals surface area contributed by atoms with Crippen LogP contribution in [-0.4, -0.2) is 51.1 Å². The van der Waals surface area contributed by atoms with E-state index in [1.807, 2.05) is 20.8 Å². The standard InChI is InChI=1S/C10H10ClN3.C10H19NO3/c11-9-6-8(10(12)14-13-9)5-4-7-2-1-3-7;1-10(2,3)14-9(13)11-6-4-8(12)5-7-11/h6-7H,1-3H2,(H2,12,14);8,12H,4-7H2,1-3H3. The van der Waals surface area contributed by atoms with Crippen LogP contribution in [0.5, 0.6) is 0 Å². The third-order valence-corrected chi connectivity index (χ3v) is 4.61. The maximum atomic E-state index is 11.5. The number of carbonyl (C=O) groups is 1. The summed E-state index contributed by atoms with van der Waals surface area (Å²) in [6, 6.07) is 1.65. The predicted octanol–water partition coefficient (Wildman–Crippen LogP) is 3.24. The minimum atomic E-state index is -0.437. The van der Waals surface area contributed by atoms with Gasteiger partial charge in [-0.25, -0.2) is 4.79 Å². The molecule has 2 heterocycles. The molecule has 1 aromatic rings. The van der Waals surface area contributed by atoms with E-state index in [1.165, 1.54) is 19.3 Å². The second-order valence-electron chi connectivity index (χ2n) is 8.06. The Balaban J connectivity index is 0.000000200. The van der Waals surface area contributed by atoms with Gasteiger partial charge in [0.25, 0.3) is 0 Å². The number of aliphatic hydroxyl groups excluding tert-OH is 1. The SMILES string of the molecule is CC(C)(C)OC(=O)N1CCC(O)CC1.Nc1nnc(Cl)cc1C#CC1CCC1. The first-order valence-corrected chi connectivity index (χ1v) is 9.98. The number of piperidine rings is 1. The van der Waals surface area contributed by atoms with Gasteiger partial charge in [-0.05, 0) is 52.5 Å². The number of halogens is 1. The molecule has 1 aliphatic carbocycles. The summed E-state index contributed by atoms with van der Waals surface area (Å²) >= 11 is 5.68. The van der Waals surface area contributed by atoms with E-state index >= 15 is 0 Å². The van der Waals surface area contributed by atoms with E-state index in [1.54, 1.807) is 11.0 Å². The summed E-state index contributed by atoms with van der Waals surface area (Å²) in [6.07, 6.45) is 4.44. The first-order valence-electron chi connectivity index (χ1n) is 9.60. The van der Waals surface area contributed by atoms with Gasteiger partial charge in [-0.2, -0.15) is 0 Å². The van der Waals surface area contributed by atoms with Gasteiger partial charge in [0.05, 0.1) is 11.7 Å². The van der Waals surface area contributed by atoms with Crippen molar-refractivity contribution in [3.05, 3.63) is 16.8 Å². The zero-order chi connectivity index (χ0) is 20.7. The zero-order valence-corrected chi connectivity index (χ0v) is 17.5. The Bertz CT molecular complexity index is 727. The van der Waals surface area contributed by atoms with Gasteiger partial charge in [-0.3, -0.25) is 0 Å². The summed E-state index contributed by atoms with van der Waals surface area (Å²) in [5.74, 6) is 7.02. The molecule has 0 aromatic carbocycles. The molecule has 0 spiro atoms. The van der Waals surface area contributed by atoms with Crippen LogP contribution in [0.4, 0.5) is 10.6 Å². The molecule has 154 valence electrons. The van der Waals surface area contributed by atoms with E-state index in [0.29, 0.717) is 48.4 Å². The van der Waals surface area contributed by atoms with E-state index in [9.17, 15) is 9.90 Å². The van der Waals surface area contributed by atoms with Crippen LogP contribution in [-0.2, 0) is 4.74 Å². The maximum absolute atomic E-state index is 11.5. The van der Waals surface area contributed by atoms with E-state index in [-0.39, 0.29) is 12.2 Å². The summed E-state index contributed by atoms with van der Waals surface area (Å²) < 4.78 is 5.22. The molecule has 1 saturated carbocycles. The van der Waals surface area contributed by atoms with Gasteiger partial charge >= 0.3 is 6.09 Å². The number of nitrogens with two attached hydrogens (primary N) is 1. The highest BCUT2D eigenvalue weighted by molar-refractivity contribution is 6.29. The Kier molecular flexibility index (Phi) is 7.90. The van der Waals surface area contributed by atoms with Crippen molar-refractivity contribution in [3.63, 3.8) is 0 Å². The quantitative estimate of drug-likeness (QED) is 0.639. The van der Waals surface area contributed by atoms with Gasteiger partial charge in [-0.1, -0.05) is 29.9 Å². The molecular weight excluding hydrogens is 380 g/mol. The van der Waals surface area contributed by atoms with Gasteiger partial charge in [0.1, 0.15) is 5.60 Å². The number of carbonyl (C=O) groups excluding carboxylic acids is 1. The average molecular weight is 409 g/mol. The monoisotopic (exact) mass is 408 g/mol. The number of amides is 1. The first kappa shape index (κ1) is 22.3. The van der Waals surface area contributed by atoms with Crippen LogP contribution < -0.4 is 5.73 Å². The maximum Gasteiger partial charge on any atom is 0.410 e. The number of hydrogen-bond acceptors (Lipinski definition) is 6. The summed E-state index contributed by atoms with van der Waals surface area (Å²) in [7, 11) is 0. The third-order valence-electron chi connectivity index (χ3n) is 4.42. The molecule has 2 fully saturated rings. The smallest absolute Gasteiger partial charge is 0.410 e. The number of nitrogens with zero attached hydrogens (tertiary/aromatic N) is 3. The highest BCUT2D eigenvalue weighted by Gasteiger charge is 2.25. The molecule has 0 bridgehead atoms. The van der Waals surface area contributed by atoms with Crippen molar-refractivity contribution < 1.29 is 14.6 Å². The fraction of sp³-hybridized carbons (Fsp3) is 0.650. The minimum Gasteiger partial charge on any atom is -0.444 e. The van der Waals surface area contributed by atoms with E-state index in [4.69, 9.17) is 22.1 Å². The lowest BCUT2D eigenvalue weighted by Gasteiger charge is -2.31. The van der Waals surface area contributed by atoms with E-state index < -0.39 is 5.60 Å². The van der Waals surface area contributed by atoms with Crippen LogP contribution in [0.2, 0.25) is 5.15 Å². The molecule has 1 saturated heterocycles. The molecular formula is C20H29ClN4O3. The van der Waals surface area contributed by atoms with Crippen molar-refractivity contribution in [1.29, 1.82) is 0 Å². The molecule has 1 aromatic heterocycles. The van der Waals surface area contributed by atoms with Crippen molar-refractivity contribution in [2.45, 2.75) is 64.6 Å². The number of rotatable bonds is 0. The van der Waals surface area contributed by atoms with Crippen molar-refractivity contribution >= 4 is 23.5 Å². The van der Waals surface area contributed by atoms with Crippen molar-refractivity contribution in [2.75, 3.05) is 18.8 Å². The number of nitrogen functional groups attached to an aromatic ring is 1. The molecule has 2 aliphatic rings. The first-order chi connectivity index (χ1) is 13.1. The third kappa shape index (κ3) is 7.53. The number of likely N-dealkylation sites (tertiary alicyclic amines) is 1. The molecule has 3 N–H and O–H groups in total. The van der Waals surface area contributed by atoms with E-state index in [2.05, 4.69) is 22.0 Å². The lowest BCUT2D eigenvalue weighted by atomic mass is 9.86. The number of ether oxygens (including phenoxy) is 1. The highest BCUT2D eigenvalue weighted by atomic mass is 35.5. The molecule has 1 amide bonds. The Morgan fingerprint density at radius 3 is 2.46 bits per heavy atom. The second-order valence-corrected chi connectivity index (χ2v) is 8.45. The van der Waals surface area contributed by atoms with Crippen LogP contribution in [0.25, 0.3) is 0 Å². The topological polar surface area (TPSA) is 102 Å². The Morgan fingerprint density at radius 1 is 1.29 bits per heavy atom. The molecule has 0 radical (unpaired) electrons. The fourth-order valence-corrected chi connectivity index (χ4v) is 2.73. The molecule has 8 heteroatoms. The van der Waals surface area contributed by atoms with Crippen molar-refractivity contribution in [2.24, 2.45) is 5.92 Å². The summed E-state index contributed by atoms with van der Waals surface area (Å²) in [6.45, 7) is 6.74. The number of aliphatic hydroxyl groups is 1. The van der Waals surface area contributed by atoms with Gasteiger partial charge in [0, 0.05) is 19.0 Å². The predicted molar refractivity (Wildman–Crippen MR) is 109 cm³/mol. The van der Waals surface area contributed by atoms with Crippen LogP contribution in [0, 0.1) is 17.8 Å². The lowest BCUT2D eigenvalue weighted by molar-refractivity contribution is 0.0101.